The van der Waals surface area contributed by atoms with Gasteiger partial charge < -0.3 is 4.74 Å². The summed E-state index contributed by atoms with van der Waals surface area (Å²) in [5, 5.41) is 11.3. The first kappa shape index (κ1) is 15.4. The van der Waals surface area contributed by atoms with Crippen LogP contribution >= 0.6 is 11.8 Å². The lowest BCUT2D eigenvalue weighted by atomic mass is 10.2. The first-order valence-corrected chi connectivity index (χ1v) is 7.76. The van der Waals surface area contributed by atoms with Crippen LogP contribution in [0.3, 0.4) is 0 Å². The number of hydrogen-bond donors (Lipinski definition) is 0. The molecule has 0 atom stereocenters. The standard InChI is InChI=1S/C15H17N3O2S/c1-3-7-18-14(19)12-9-11(21-10-16)5-6-13(12)17-15(18)20-8-4-2/h5-6,9H,3-4,7-8H2,1-2H3. The summed E-state index contributed by atoms with van der Waals surface area (Å²) in [6.07, 6.45) is 1.68. The molecule has 5 nitrogen and oxygen atoms in total. The molecule has 0 unspecified atom stereocenters. The van der Waals surface area contributed by atoms with E-state index in [-0.39, 0.29) is 5.56 Å². The van der Waals surface area contributed by atoms with Gasteiger partial charge in [-0.05, 0) is 42.8 Å². The molecule has 0 aliphatic rings. The number of rotatable bonds is 6. The van der Waals surface area contributed by atoms with Crippen molar-refractivity contribution in [3.63, 3.8) is 0 Å². The zero-order valence-corrected chi connectivity index (χ0v) is 12.9. The van der Waals surface area contributed by atoms with E-state index in [1.54, 1.807) is 22.8 Å². The first-order valence-electron chi connectivity index (χ1n) is 6.94. The number of thiocyanates is 1. The number of nitriles is 1. The fourth-order valence-electron chi connectivity index (χ4n) is 2.02. The Labute approximate surface area is 127 Å². The molecule has 0 radical (unpaired) electrons. The average Bonchev–Trinajstić information content (AvgIpc) is 2.49. The maximum atomic E-state index is 12.6. The zero-order valence-electron chi connectivity index (χ0n) is 12.1. The lowest BCUT2D eigenvalue weighted by Gasteiger charge is -2.13. The van der Waals surface area contributed by atoms with E-state index in [4.69, 9.17) is 10.00 Å². The molecule has 2 aromatic rings. The van der Waals surface area contributed by atoms with Gasteiger partial charge in [-0.3, -0.25) is 9.36 Å². The molecule has 1 heterocycles. The van der Waals surface area contributed by atoms with Crippen molar-refractivity contribution in [2.75, 3.05) is 6.61 Å². The second kappa shape index (κ2) is 7.14. The van der Waals surface area contributed by atoms with Crippen molar-refractivity contribution in [1.29, 1.82) is 5.26 Å². The molecule has 21 heavy (non-hydrogen) atoms. The van der Waals surface area contributed by atoms with Crippen molar-refractivity contribution in [3.05, 3.63) is 28.6 Å². The molecular formula is C15H17N3O2S. The zero-order chi connectivity index (χ0) is 15.2. The second-order valence-electron chi connectivity index (χ2n) is 4.57. The van der Waals surface area contributed by atoms with Crippen molar-refractivity contribution < 1.29 is 4.74 Å². The van der Waals surface area contributed by atoms with Crippen LogP contribution in [0, 0.1) is 10.7 Å². The third-order valence-electron chi connectivity index (χ3n) is 2.94. The van der Waals surface area contributed by atoms with Gasteiger partial charge in [0.2, 0.25) is 0 Å². The number of nitrogens with zero attached hydrogens (tertiary/aromatic N) is 3. The van der Waals surface area contributed by atoms with Gasteiger partial charge >= 0.3 is 0 Å². The molecule has 0 bridgehead atoms. The van der Waals surface area contributed by atoms with Crippen LogP contribution in [0.4, 0.5) is 0 Å². The summed E-state index contributed by atoms with van der Waals surface area (Å²) < 4.78 is 7.17. The largest absolute Gasteiger partial charge is 0.465 e. The predicted molar refractivity (Wildman–Crippen MR) is 83.6 cm³/mol. The van der Waals surface area contributed by atoms with Gasteiger partial charge in [0.1, 0.15) is 5.40 Å². The van der Waals surface area contributed by atoms with Gasteiger partial charge in [-0.25, -0.2) is 0 Å². The number of ether oxygens (including phenoxy) is 1. The molecule has 0 saturated heterocycles. The number of aromatic nitrogens is 2. The Bertz CT molecular complexity index is 734. The molecule has 2 rings (SSSR count). The first-order chi connectivity index (χ1) is 10.2. The molecule has 0 spiro atoms. The number of benzene rings is 1. The summed E-state index contributed by atoms with van der Waals surface area (Å²) in [5.74, 6) is 0. The van der Waals surface area contributed by atoms with Crippen molar-refractivity contribution in [3.8, 4) is 11.4 Å². The molecule has 0 saturated carbocycles. The van der Waals surface area contributed by atoms with E-state index >= 15 is 0 Å². The molecule has 0 amide bonds. The maximum absolute atomic E-state index is 12.6. The highest BCUT2D eigenvalue weighted by atomic mass is 32.2. The number of hydrogen-bond acceptors (Lipinski definition) is 5. The predicted octanol–water partition coefficient (Wildman–Crippen LogP) is 3.17. The molecule has 0 N–H and O–H groups in total. The lowest BCUT2D eigenvalue weighted by Crippen LogP contribution is -2.24. The Hall–Kier alpha value is -2.00. The Morgan fingerprint density at radius 1 is 1.38 bits per heavy atom. The van der Waals surface area contributed by atoms with E-state index in [0.717, 1.165) is 29.5 Å². The number of thioether (sulfide) groups is 1. The summed E-state index contributed by atoms with van der Waals surface area (Å²) in [4.78, 5) is 17.8. The molecule has 0 aliphatic carbocycles. The van der Waals surface area contributed by atoms with E-state index in [0.29, 0.717) is 30.1 Å². The lowest BCUT2D eigenvalue weighted by molar-refractivity contribution is 0.272. The minimum absolute atomic E-state index is 0.117. The Morgan fingerprint density at radius 3 is 2.86 bits per heavy atom. The third-order valence-corrected chi connectivity index (χ3v) is 3.52. The van der Waals surface area contributed by atoms with Gasteiger partial charge in [-0.1, -0.05) is 13.8 Å². The van der Waals surface area contributed by atoms with Crippen molar-refractivity contribution in [1.82, 2.24) is 9.55 Å². The number of fused-ring (bicyclic) bond motifs is 1. The molecule has 1 aromatic heterocycles. The van der Waals surface area contributed by atoms with E-state index in [2.05, 4.69) is 4.98 Å². The smallest absolute Gasteiger partial charge is 0.299 e. The van der Waals surface area contributed by atoms with Crippen LogP contribution in [-0.4, -0.2) is 16.2 Å². The molecule has 0 fully saturated rings. The Morgan fingerprint density at radius 2 is 2.19 bits per heavy atom. The average molecular weight is 303 g/mol. The SMILES string of the molecule is CCCOc1nc2ccc(SC#N)cc2c(=O)n1CCC. The topological polar surface area (TPSA) is 67.9 Å². The van der Waals surface area contributed by atoms with E-state index in [1.807, 2.05) is 19.2 Å². The molecule has 6 heteroatoms. The van der Waals surface area contributed by atoms with Crippen LogP contribution in [0.25, 0.3) is 10.9 Å². The van der Waals surface area contributed by atoms with Crippen LogP contribution < -0.4 is 10.3 Å². The van der Waals surface area contributed by atoms with E-state index in [1.165, 1.54) is 0 Å². The van der Waals surface area contributed by atoms with Crippen LogP contribution in [0.1, 0.15) is 26.7 Å². The maximum Gasteiger partial charge on any atom is 0.299 e. The molecule has 1 aromatic carbocycles. The van der Waals surface area contributed by atoms with Gasteiger partial charge in [0, 0.05) is 11.4 Å². The van der Waals surface area contributed by atoms with Crippen LogP contribution in [0.2, 0.25) is 0 Å². The van der Waals surface area contributed by atoms with Crippen molar-refractivity contribution >= 4 is 22.7 Å². The van der Waals surface area contributed by atoms with Gasteiger partial charge in [-0.2, -0.15) is 10.2 Å². The summed E-state index contributed by atoms with van der Waals surface area (Å²) >= 11 is 1.03. The highest BCUT2D eigenvalue weighted by Gasteiger charge is 2.12. The molecular weight excluding hydrogens is 286 g/mol. The summed E-state index contributed by atoms with van der Waals surface area (Å²) in [6, 6.07) is 5.63. The highest BCUT2D eigenvalue weighted by Crippen LogP contribution is 2.21. The monoisotopic (exact) mass is 303 g/mol. The highest BCUT2D eigenvalue weighted by molar-refractivity contribution is 8.03. The summed E-state index contributed by atoms with van der Waals surface area (Å²) in [6.45, 7) is 5.11. The Balaban J connectivity index is 2.60. The normalized spacial score (nSPS) is 10.5. The van der Waals surface area contributed by atoms with Crippen LogP contribution in [-0.2, 0) is 6.54 Å². The van der Waals surface area contributed by atoms with Crippen LogP contribution in [0.15, 0.2) is 27.9 Å². The fourth-order valence-corrected chi connectivity index (χ4v) is 2.44. The fraction of sp³-hybridized carbons (Fsp3) is 0.400. The minimum atomic E-state index is -0.117. The van der Waals surface area contributed by atoms with E-state index in [9.17, 15) is 4.79 Å². The summed E-state index contributed by atoms with van der Waals surface area (Å²) in [5.41, 5.74) is 0.481. The third kappa shape index (κ3) is 3.37. The van der Waals surface area contributed by atoms with Gasteiger partial charge in [0.05, 0.1) is 17.5 Å². The quantitative estimate of drug-likeness (QED) is 0.605. The van der Waals surface area contributed by atoms with Gasteiger partial charge in [0.25, 0.3) is 11.6 Å². The van der Waals surface area contributed by atoms with Crippen LogP contribution in [0.5, 0.6) is 6.01 Å². The van der Waals surface area contributed by atoms with Gasteiger partial charge in [0.15, 0.2) is 0 Å². The minimum Gasteiger partial charge on any atom is -0.465 e. The van der Waals surface area contributed by atoms with Crippen molar-refractivity contribution in [2.24, 2.45) is 0 Å². The van der Waals surface area contributed by atoms with E-state index < -0.39 is 0 Å². The molecule has 0 aliphatic heterocycles. The second-order valence-corrected chi connectivity index (χ2v) is 5.43. The molecule has 110 valence electrons. The van der Waals surface area contributed by atoms with Gasteiger partial charge in [-0.15, -0.1) is 0 Å². The summed E-state index contributed by atoms with van der Waals surface area (Å²) in [7, 11) is 0. The van der Waals surface area contributed by atoms with Crippen molar-refractivity contribution in [2.45, 2.75) is 38.1 Å². The Kier molecular flexibility index (Phi) is 5.23.